The van der Waals surface area contributed by atoms with Crippen LogP contribution in [0.1, 0.15) is 82.9 Å². The number of rotatable bonds is 14. The molecular formula is C31H48F6N4O4. The van der Waals surface area contributed by atoms with Crippen molar-refractivity contribution in [2.24, 2.45) is 4.99 Å². The maximum absolute atomic E-state index is 13.0. The molecule has 2 aromatic heterocycles. The summed E-state index contributed by atoms with van der Waals surface area (Å²) in [4.78, 5) is 18.0. The summed E-state index contributed by atoms with van der Waals surface area (Å²) in [7, 11) is 3.07. The van der Waals surface area contributed by atoms with Gasteiger partial charge >= 0.3 is 12.4 Å². The van der Waals surface area contributed by atoms with Crippen LogP contribution in [0.15, 0.2) is 46.9 Å². The van der Waals surface area contributed by atoms with Gasteiger partial charge in [-0.25, -0.2) is 4.98 Å². The lowest BCUT2D eigenvalue weighted by Gasteiger charge is -2.28. The number of imidazole rings is 1. The van der Waals surface area contributed by atoms with Gasteiger partial charge in [-0.05, 0) is 58.7 Å². The van der Waals surface area contributed by atoms with Crippen LogP contribution in [-0.2, 0) is 4.74 Å². The van der Waals surface area contributed by atoms with Crippen LogP contribution >= 0.6 is 0 Å². The van der Waals surface area contributed by atoms with E-state index < -0.39 is 36.9 Å². The highest BCUT2D eigenvalue weighted by atomic mass is 19.4. The number of aromatic nitrogens is 2. The van der Waals surface area contributed by atoms with Crippen LogP contribution < -0.4 is 10.1 Å². The van der Waals surface area contributed by atoms with Gasteiger partial charge in [-0.3, -0.25) is 14.2 Å². The number of halogens is 6. The topological polar surface area (TPSA) is 97.5 Å². The number of aldehydes is 1. The Morgan fingerprint density at radius 3 is 2.20 bits per heavy atom. The van der Waals surface area contributed by atoms with E-state index in [0.29, 0.717) is 35.4 Å². The second-order valence-corrected chi connectivity index (χ2v) is 9.53. The Balaban J connectivity index is 0. The monoisotopic (exact) mass is 654 g/mol. The lowest BCUT2D eigenvalue weighted by atomic mass is 9.90. The number of hydrogen-bond donors (Lipinski definition) is 2. The lowest BCUT2D eigenvalue weighted by Crippen LogP contribution is -2.39. The Morgan fingerprint density at radius 1 is 1.11 bits per heavy atom. The number of allylic oxidation sites excluding steroid dienone is 2. The number of aliphatic imine (C=N–C) groups is 1. The fraction of sp³-hybridized carbons (Fsp3) is 0.581. The molecule has 2 heterocycles. The zero-order valence-corrected chi connectivity index (χ0v) is 27.4. The van der Waals surface area contributed by atoms with Crippen molar-refractivity contribution in [1.29, 1.82) is 0 Å². The van der Waals surface area contributed by atoms with Crippen molar-refractivity contribution < 1.29 is 45.7 Å². The van der Waals surface area contributed by atoms with Crippen LogP contribution in [0, 0.1) is 6.92 Å². The van der Waals surface area contributed by atoms with Crippen molar-refractivity contribution in [2.45, 2.75) is 91.5 Å². The molecular weight excluding hydrogens is 606 g/mol. The van der Waals surface area contributed by atoms with Gasteiger partial charge in [0.15, 0.2) is 12.9 Å². The number of alkyl halides is 6. The summed E-state index contributed by atoms with van der Waals surface area (Å²) in [6.07, 6.45) is -0.491. The zero-order chi connectivity index (χ0) is 35.3. The van der Waals surface area contributed by atoms with Crippen molar-refractivity contribution in [1.82, 2.24) is 14.7 Å². The summed E-state index contributed by atoms with van der Waals surface area (Å²) in [5.74, 6) is -0.628. The van der Waals surface area contributed by atoms with E-state index in [9.17, 15) is 31.1 Å². The van der Waals surface area contributed by atoms with Crippen molar-refractivity contribution >= 4 is 18.7 Å². The Bertz CT molecular complexity index is 1190. The van der Waals surface area contributed by atoms with Crippen molar-refractivity contribution in [2.75, 3.05) is 27.4 Å². The molecule has 0 radical (unpaired) electrons. The largest absolute Gasteiger partial charge is 0.485 e. The smallest absolute Gasteiger partial charge is 0.422 e. The van der Waals surface area contributed by atoms with Gasteiger partial charge in [0.2, 0.25) is 0 Å². The predicted octanol–water partition coefficient (Wildman–Crippen LogP) is 8.03. The first-order valence-electron chi connectivity index (χ1n) is 14.5. The van der Waals surface area contributed by atoms with E-state index in [0.717, 1.165) is 7.11 Å². The van der Waals surface area contributed by atoms with Gasteiger partial charge in [-0.15, -0.1) is 0 Å². The zero-order valence-electron chi connectivity index (χ0n) is 27.4. The summed E-state index contributed by atoms with van der Waals surface area (Å²) in [5.41, 5.74) is 0.0947. The number of nitrogens with one attached hydrogen (secondary N) is 1. The highest BCUT2D eigenvalue weighted by Crippen LogP contribution is 2.29. The molecule has 2 N–H and O–H groups in total. The molecule has 0 aliphatic heterocycles. The minimum absolute atomic E-state index is 0.0985. The molecule has 45 heavy (non-hydrogen) atoms. The number of aliphatic hydroxyl groups excluding tert-OH is 1. The van der Waals surface area contributed by atoms with Gasteiger partial charge in [0, 0.05) is 18.8 Å². The minimum Gasteiger partial charge on any atom is -0.485 e. The number of hydrogen-bond acceptors (Lipinski definition) is 7. The van der Waals surface area contributed by atoms with E-state index in [1.807, 2.05) is 13.8 Å². The Hall–Kier alpha value is -3.39. The van der Waals surface area contributed by atoms with Gasteiger partial charge < -0.3 is 19.9 Å². The summed E-state index contributed by atoms with van der Waals surface area (Å²) in [6.45, 7) is 12.8. The predicted molar refractivity (Wildman–Crippen MR) is 166 cm³/mol. The molecule has 0 amide bonds. The van der Waals surface area contributed by atoms with E-state index in [1.165, 1.54) is 54.8 Å². The number of carbonyl (C=O) groups excluding carboxylic acids is 1. The third kappa shape index (κ3) is 17.0. The maximum atomic E-state index is 13.0. The highest BCUT2D eigenvalue weighted by molar-refractivity contribution is 5.75. The Labute approximate surface area is 262 Å². The quantitative estimate of drug-likeness (QED) is 0.0704. The first kappa shape index (κ1) is 43.7. The molecule has 0 bridgehead atoms. The van der Waals surface area contributed by atoms with E-state index in [-0.39, 0.29) is 11.4 Å². The molecule has 1 unspecified atom stereocenters. The molecule has 258 valence electrons. The standard InChI is InChI=1S/C18H15F6N3O3.C10H23N.C2H6.CH4O/c1-11-15(8-28)26-16-4-3-13(7-27(11)16)29-9-14(30-10-17(19,20)21)5-12(6-25-2)18(22,23)24;1-5-7-9-10(3,11-4)8-6-2;2*1-2/h3-8H,2,9-10H2,1H3;11H,5-9H2,1-4H3;1-2H3;2H,1H3/b12-6+,14-5+;;;. The molecule has 0 saturated heterocycles. The van der Waals surface area contributed by atoms with Crippen LogP contribution in [0.5, 0.6) is 5.75 Å². The summed E-state index contributed by atoms with van der Waals surface area (Å²) in [6, 6.07) is 2.86. The van der Waals surface area contributed by atoms with Gasteiger partial charge in [-0.2, -0.15) is 26.3 Å². The SMILES string of the molecule is C=N/C=C(\C=C(/COc1ccc2nc(C=O)c(C)n2c1)OCC(F)(F)F)C(F)(F)F.CC.CCCCC(C)(CCC)NC.CO. The summed E-state index contributed by atoms with van der Waals surface area (Å²) >= 11 is 0. The molecule has 0 saturated carbocycles. The van der Waals surface area contributed by atoms with E-state index in [4.69, 9.17) is 9.84 Å². The molecule has 14 heteroatoms. The third-order valence-corrected chi connectivity index (χ3v) is 6.14. The lowest BCUT2D eigenvalue weighted by molar-refractivity contribution is -0.166. The number of aliphatic hydroxyl groups is 1. The molecule has 1 atom stereocenters. The fourth-order valence-electron chi connectivity index (χ4n) is 3.77. The Kier molecular flexibility index (Phi) is 21.5. The van der Waals surface area contributed by atoms with Gasteiger partial charge in [0.1, 0.15) is 29.5 Å². The first-order valence-corrected chi connectivity index (χ1v) is 14.5. The number of nitrogens with zero attached hydrogens (tertiary/aromatic N) is 3. The van der Waals surface area contributed by atoms with E-state index in [2.05, 4.69) is 54.6 Å². The van der Waals surface area contributed by atoms with Crippen molar-refractivity contribution in [3.05, 3.63) is 53.3 Å². The van der Waals surface area contributed by atoms with Crippen LogP contribution in [0.3, 0.4) is 0 Å². The second-order valence-electron chi connectivity index (χ2n) is 9.53. The minimum atomic E-state index is -4.90. The van der Waals surface area contributed by atoms with Gasteiger partial charge in [0.05, 0.1) is 17.5 Å². The average molecular weight is 655 g/mol. The molecule has 0 aliphatic rings. The van der Waals surface area contributed by atoms with Crippen molar-refractivity contribution in [3.8, 4) is 5.75 Å². The molecule has 0 aliphatic carbocycles. The number of pyridine rings is 1. The molecule has 0 fully saturated rings. The van der Waals surface area contributed by atoms with E-state index >= 15 is 0 Å². The number of aryl methyl sites for hydroxylation is 1. The number of carbonyl (C=O) groups is 1. The molecule has 2 rings (SSSR count). The fourth-order valence-corrected chi connectivity index (χ4v) is 3.77. The van der Waals surface area contributed by atoms with Gasteiger partial charge in [-0.1, -0.05) is 47.0 Å². The average Bonchev–Trinajstić information content (AvgIpc) is 3.33. The van der Waals surface area contributed by atoms with Gasteiger partial charge in [0.25, 0.3) is 0 Å². The van der Waals surface area contributed by atoms with E-state index in [1.54, 1.807) is 6.92 Å². The number of ether oxygens (including phenoxy) is 2. The third-order valence-electron chi connectivity index (χ3n) is 6.14. The number of unbranched alkanes of at least 4 members (excludes halogenated alkanes) is 1. The highest BCUT2D eigenvalue weighted by Gasteiger charge is 2.34. The van der Waals surface area contributed by atoms with Crippen LogP contribution in [0.2, 0.25) is 0 Å². The van der Waals surface area contributed by atoms with Crippen LogP contribution in [0.25, 0.3) is 5.65 Å². The normalized spacial score (nSPS) is 13.2. The summed E-state index contributed by atoms with van der Waals surface area (Å²) < 4.78 is 87.6. The van der Waals surface area contributed by atoms with Crippen molar-refractivity contribution in [3.63, 3.8) is 0 Å². The molecule has 2 aromatic rings. The Morgan fingerprint density at radius 2 is 1.73 bits per heavy atom. The molecule has 0 spiro atoms. The first-order chi connectivity index (χ1) is 21.1. The second kappa shape index (κ2) is 22.2. The molecule has 8 nitrogen and oxygen atoms in total. The van der Waals surface area contributed by atoms with Crippen LogP contribution in [-0.4, -0.2) is 72.8 Å². The summed E-state index contributed by atoms with van der Waals surface area (Å²) in [5, 5.41) is 10.4. The maximum Gasteiger partial charge on any atom is 0.422 e. The number of fused-ring (bicyclic) bond motifs is 1. The van der Waals surface area contributed by atoms with Crippen LogP contribution in [0.4, 0.5) is 26.3 Å². The molecule has 0 aromatic carbocycles.